The number of amides is 1. The summed E-state index contributed by atoms with van der Waals surface area (Å²) in [5, 5.41) is 7.65. The molecular formula is C21H16BrN3O4. The topological polar surface area (TPSA) is 89.3 Å². The number of nitrogens with one attached hydrogen (secondary N) is 1. The van der Waals surface area contributed by atoms with Gasteiger partial charge in [0.15, 0.2) is 0 Å². The summed E-state index contributed by atoms with van der Waals surface area (Å²) in [6.07, 6.45) is 0. The van der Waals surface area contributed by atoms with Crippen LogP contribution in [-0.2, 0) is 4.84 Å². The molecule has 0 aliphatic heterocycles. The molecular weight excluding hydrogens is 438 g/mol. The minimum absolute atomic E-state index is 0.384. The number of rotatable bonds is 6. The van der Waals surface area contributed by atoms with Crippen molar-refractivity contribution in [2.75, 3.05) is 12.6 Å². The molecule has 3 aromatic carbocycles. The van der Waals surface area contributed by atoms with Crippen molar-refractivity contribution in [2.45, 2.75) is 0 Å². The number of methoxy groups -OCH3 is 1. The summed E-state index contributed by atoms with van der Waals surface area (Å²) in [6, 6.07) is 20.1. The summed E-state index contributed by atoms with van der Waals surface area (Å²) in [7, 11) is 1.55. The average Bonchev–Trinajstić information content (AvgIpc) is 2.77. The van der Waals surface area contributed by atoms with Gasteiger partial charge in [0, 0.05) is 4.47 Å². The number of hydrogen-bond donors (Lipinski definition) is 1. The molecule has 0 spiro atoms. The standard InChI is InChI=1S/C21H16BrN3O4/c1-28-17-12-6-14(7-13-17)21(27)29-25-16-10-8-15(9-11-16)23-24-20(26)18-4-2-3-5-19(18)22/h2-13,25H,1H3. The Hall–Kier alpha value is -3.52. The van der Waals surface area contributed by atoms with Crippen LogP contribution >= 0.6 is 15.9 Å². The molecule has 0 unspecified atom stereocenters. The summed E-state index contributed by atoms with van der Waals surface area (Å²) in [5.74, 6) is -0.332. The van der Waals surface area contributed by atoms with Crippen LogP contribution in [-0.4, -0.2) is 19.0 Å². The number of azo groups is 1. The van der Waals surface area contributed by atoms with Crippen LogP contribution in [0.2, 0.25) is 0 Å². The van der Waals surface area contributed by atoms with Crippen LogP contribution in [0, 0.1) is 0 Å². The van der Waals surface area contributed by atoms with Crippen LogP contribution in [0.15, 0.2) is 87.5 Å². The lowest BCUT2D eigenvalue weighted by Gasteiger charge is -2.07. The van der Waals surface area contributed by atoms with Gasteiger partial charge in [-0.25, -0.2) is 10.3 Å². The summed E-state index contributed by atoms with van der Waals surface area (Å²) >= 11 is 3.31. The van der Waals surface area contributed by atoms with Gasteiger partial charge in [0.25, 0.3) is 5.91 Å². The molecule has 8 heteroatoms. The first-order valence-corrected chi connectivity index (χ1v) is 9.28. The zero-order valence-corrected chi connectivity index (χ0v) is 16.9. The van der Waals surface area contributed by atoms with E-state index in [0.29, 0.717) is 32.7 Å². The van der Waals surface area contributed by atoms with Crippen molar-refractivity contribution in [3.8, 4) is 5.75 Å². The normalized spacial score (nSPS) is 10.6. The minimum atomic E-state index is -0.532. The van der Waals surface area contributed by atoms with Gasteiger partial charge in [-0.3, -0.25) is 4.79 Å². The van der Waals surface area contributed by atoms with Gasteiger partial charge in [0.05, 0.1) is 29.6 Å². The number of ether oxygens (including phenoxy) is 1. The number of hydrogen-bond acceptors (Lipinski definition) is 6. The molecule has 3 rings (SSSR count). The lowest BCUT2D eigenvalue weighted by molar-refractivity contribution is 0.0596. The summed E-state index contributed by atoms with van der Waals surface area (Å²) in [6.45, 7) is 0. The van der Waals surface area contributed by atoms with Crippen LogP contribution in [0.5, 0.6) is 5.75 Å². The maximum Gasteiger partial charge on any atom is 0.362 e. The molecule has 0 radical (unpaired) electrons. The molecule has 3 aromatic rings. The van der Waals surface area contributed by atoms with Gasteiger partial charge in [-0.05, 0) is 76.6 Å². The van der Waals surface area contributed by atoms with Crippen molar-refractivity contribution in [3.63, 3.8) is 0 Å². The Morgan fingerprint density at radius 2 is 1.62 bits per heavy atom. The van der Waals surface area contributed by atoms with Crippen molar-refractivity contribution in [1.82, 2.24) is 0 Å². The second kappa shape index (κ2) is 9.61. The fourth-order valence-electron chi connectivity index (χ4n) is 2.28. The molecule has 0 aliphatic carbocycles. The molecule has 0 fully saturated rings. The Balaban J connectivity index is 1.56. The third kappa shape index (κ3) is 5.49. The van der Waals surface area contributed by atoms with Gasteiger partial charge < -0.3 is 9.57 Å². The van der Waals surface area contributed by atoms with Gasteiger partial charge in [-0.2, -0.15) is 0 Å². The van der Waals surface area contributed by atoms with E-state index < -0.39 is 11.9 Å². The van der Waals surface area contributed by atoms with E-state index in [-0.39, 0.29) is 0 Å². The molecule has 1 amide bonds. The van der Waals surface area contributed by atoms with Crippen molar-refractivity contribution in [3.05, 3.63) is 88.4 Å². The zero-order chi connectivity index (χ0) is 20.6. The maximum atomic E-state index is 12.1. The monoisotopic (exact) mass is 453 g/mol. The van der Waals surface area contributed by atoms with Crippen LogP contribution in [0.25, 0.3) is 0 Å². The van der Waals surface area contributed by atoms with Crippen LogP contribution in [0.3, 0.4) is 0 Å². The molecule has 0 bridgehead atoms. The SMILES string of the molecule is COc1ccc(C(=O)ONc2ccc(N=NC(=O)c3ccccc3Br)cc2)cc1. The highest BCUT2D eigenvalue weighted by atomic mass is 79.9. The molecule has 0 aromatic heterocycles. The average molecular weight is 454 g/mol. The highest BCUT2D eigenvalue weighted by Crippen LogP contribution is 2.20. The molecule has 29 heavy (non-hydrogen) atoms. The number of benzene rings is 3. The van der Waals surface area contributed by atoms with Gasteiger partial charge in [-0.1, -0.05) is 12.1 Å². The largest absolute Gasteiger partial charge is 0.497 e. The molecule has 0 saturated heterocycles. The third-order valence-electron chi connectivity index (χ3n) is 3.82. The van der Waals surface area contributed by atoms with Crippen LogP contribution < -0.4 is 10.2 Å². The van der Waals surface area contributed by atoms with E-state index in [1.807, 2.05) is 6.07 Å². The van der Waals surface area contributed by atoms with Crippen LogP contribution in [0.4, 0.5) is 11.4 Å². The Bertz CT molecular complexity index is 1030. The van der Waals surface area contributed by atoms with E-state index in [0.717, 1.165) is 0 Å². The summed E-state index contributed by atoms with van der Waals surface area (Å²) < 4.78 is 5.70. The van der Waals surface area contributed by atoms with Gasteiger partial charge in [0.1, 0.15) is 5.75 Å². The smallest absolute Gasteiger partial charge is 0.362 e. The first kappa shape index (κ1) is 20.2. The van der Waals surface area contributed by atoms with Crippen molar-refractivity contribution in [1.29, 1.82) is 0 Å². The first-order valence-electron chi connectivity index (χ1n) is 8.49. The Labute approximate surface area is 175 Å². The maximum absolute atomic E-state index is 12.1. The van der Waals surface area contributed by atoms with E-state index in [1.165, 1.54) is 0 Å². The molecule has 0 aliphatic rings. The quantitative estimate of drug-likeness (QED) is 0.389. The number of anilines is 1. The summed E-state index contributed by atoms with van der Waals surface area (Å²) in [5.41, 5.74) is 4.41. The first-order chi connectivity index (χ1) is 14.1. The Kier molecular flexibility index (Phi) is 6.70. The van der Waals surface area contributed by atoms with E-state index >= 15 is 0 Å². The Morgan fingerprint density at radius 3 is 2.28 bits per heavy atom. The van der Waals surface area contributed by atoms with E-state index in [2.05, 4.69) is 31.6 Å². The van der Waals surface area contributed by atoms with Crippen LogP contribution in [0.1, 0.15) is 20.7 Å². The third-order valence-corrected chi connectivity index (χ3v) is 4.51. The number of carbonyl (C=O) groups excluding carboxylic acids is 2. The Morgan fingerprint density at radius 1 is 0.931 bits per heavy atom. The van der Waals surface area contributed by atoms with Gasteiger partial charge >= 0.3 is 5.97 Å². The lowest BCUT2D eigenvalue weighted by Crippen LogP contribution is -2.10. The highest BCUT2D eigenvalue weighted by molar-refractivity contribution is 9.10. The molecule has 1 N–H and O–H groups in total. The van der Waals surface area contributed by atoms with Gasteiger partial charge in [0.2, 0.25) is 0 Å². The van der Waals surface area contributed by atoms with Crippen molar-refractivity contribution < 1.29 is 19.2 Å². The molecule has 0 atom stereocenters. The predicted octanol–water partition coefficient (Wildman–Crippen LogP) is 5.57. The molecule has 0 saturated carbocycles. The number of halogens is 1. The minimum Gasteiger partial charge on any atom is -0.497 e. The summed E-state index contributed by atoms with van der Waals surface area (Å²) in [4.78, 5) is 29.2. The second-order valence-electron chi connectivity index (χ2n) is 5.75. The lowest BCUT2D eigenvalue weighted by atomic mass is 10.2. The fraction of sp³-hybridized carbons (Fsp3) is 0.0476. The second-order valence-corrected chi connectivity index (χ2v) is 6.61. The van der Waals surface area contributed by atoms with Crippen molar-refractivity contribution >= 4 is 39.2 Å². The molecule has 146 valence electrons. The zero-order valence-electron chi connectivity index (χ0n) is 15.3. The van der Waals surface area contributed by atoms with Crippen molar-refractivity contribution in [2.24, 2.45) is 10.2 Å². The number of carbonyl (C=O) groups is 2. The van der Waals surface area contributed by atoms with E-state index in [1.54, 1.807) is 73.8 Å². The highest BCUT2D eigenvalue weighted by Gasteiger charge is 2.09. The molecule has 0 heterocycles. The van der Waals surface area contributed by atoms with Gasteiger partial charge in [-0.15, -0.1) is 10.2 Å². The fourth-order valence-corrected chi connectivity index (χ4v) is 2.73. The van der Waals surface area contributed by atoms with E-state index in [4.69, 9.17) is 9.57 Å². The predicted molar refractivity (Wildman–Crippen MR) is 111 cm³/mol. The van der Waals surface area contributed by atoms with E-state index in [9.17, 15) is 9.59 Å². The number of nitrogens with zero attached hydrogens (tertiary/aromatic N) is 2. The molecule has 7 nitrogen and oxygen atoms in total.